The summed E-state index contributed by atoms with van der Waals surface area (Å²) in [5.41, 5.74) is 0.841. The third-order valence-electron chi connectivity index (χ3n) is 1.54. The van der Waals surface area contributed by atoms with Crippen molar-refractivity contribution in [2.45, 2.75) is 0 Å². The summed E-state index contributed by atoms with van der Waals surface area (Å²) in [4.78, 5) is 0. The van der Waals surface area contributed by atoms with Gasteiger partial charge in [-0.25, -0.2) is 0 Å². The van der Waals surface area contributed by atoms with Crippen LogP contribution in [-0.2, 0) is 4.74 Å². The Balaban J connectivity index is 3.01. The second kappa shape index (κ2) is 4.54. The molecule has 0 amide bonds. The molecule has 3 heteroatoms. The SMILES string of the molecule is COC(=CC#N)c1ccc(Cl)cc1. The van der Waals surface area contributed by atoms with E-state index in [1.807, 2.05) is 6.07 Å². The summed E-state index contributed by atoms with van der Waals surface area (Å²) in [6, 6.07) is 9.02. The highest BCUT2D eigenvalue weighted by Crippen LogP contribution is 2.17. The van der Waals surface area contributed by atoms with E-state index < -0.39 is 0 Å². The zero-order valence-electron chi connectivity index (χ0n) is 7.12. The van der Waals surface area contributed by atoms with Crippen molar-refractivity contribution in [3.8, 4) is 6.07 Å². The van der Waals surface area contributed by atoms with Crippen LogP contribution in [-0.4, -0.2) is 7.11 Å². The summed E-state index contributed by atoms with van der Waals surface area (Å²) in [7, 11) is 1.53. The van der Waals surface area contributed by atoms with Crippen LogP contribution < -0.4 is 0 Å². The van der Waals surface area contributed by atoms with Gasteiger partial charge in [0.1, 0.15) is 5.76 Å². The van der Waals surface area contributed by atoms with Crippen molar-refractivity contribution in [2.75, 3.05) is 7.11 Å². The van der Waals surface area contributed by atoms with E-state index in [-0.39, 0.29) is 0 Å². The van der Waals surface area contributed by atoms with Crippen LogP contribution in [0.5, 0.6) is 0 Å². The van der Waals surface area contributed by atoms with Crippen molar-refractivity contribution in [3.63, 3.8) is 0 Å². The Hall–Kier alpha value is -1.46. The van der Waals surface area contributed by atoms with Crippen LogP contribution in [0.25, 0.3) is 5.76 Å². The highest BCUT2D eigenvalue weighted by molar-refractivity contribution is 6.30. The predicted molar refractivity (Wildman–Crippen MR) is 52.1 cm³/mol. The molecule has 13 heavy (non-hydrogen) atoms. The summed E-state index contributed by atoms with van der Waals surface area (Å²) in [6.07, 6.45) is 1.35. The molecule has 0 aromatic heterocycles. The van der Waals surface area contributed by atoms with Gasteiger partial charge in [-0.3, -0.25) is 0 Å². The van der Waals surface area contributed by atoms with Gasteiger partial charge in [0.05, 0.1) is 19.3 Å². The monoisotopic (exact) mass is 193 g/mol. The zero-order chi connectivity index (χ0) is 9.68. The van der Waals surface area contributed by atoms with Gasteiger partial charge in [-0.05, 0) is 24.3 Å². The van der Waals surface area contributed by atoms with Crippen molar-refractivity contribution >= 4 is 17.4 Å². The third-order valence-corrected chi connectivity index (χ3v) is 1.80. The average Bonchev–Trinajstić information content (AvgIpc) is 2.16. The molecule has 0 aliphatic heterocycles. The Morgan fingerprint density at radius 3 is 2.54 bits per heavy atom. The van der Waals surface area contributed by atoms with E-state index in [9.17, 15) is 0 Å². The number of ether oxygens (including phenoxy) is 1. The lowest BCUT2D eigenvalue weighted by molar-refractivity contribution is 0.370. The molecule has 0 aliphatic rings. The first-order valence-corrected chi connectivity index (χ1v) is 4.05. The summed E-state index contributed by atoms with van der Waals surface area (Å²) in [5.74, 6) is 0.541. The molecule has 0 bridgehead atoms. The lowest BCUT2D eigenvalue weighted by Crippen LogP contribution is -1.85. The summed E-state index contributed by atoms with van der Waals surface area (Å²) >= 11 is 5.71. The van der Waals surface area contributed by atoms with Gasteiger partial charge in [0.15, 0.2) is 0 Å². The molecule has 0 heterocycles. The maximum Gasteiger partial charge on any atom is 0.136 e. The standard InChI is InChI=1S/C10H8ClNO/c1-13-10(6-7-12)8-2-4-9(11)5-3-8/h2-6H,1H3. The van der Waals surface area contributed by atoms with Crippen molar-refractivity contribution < 1.29 is 4.74 Å². The number of halogens is 1. The van der Waals surface area contributed by atoms with Gasteiger partial charge in [-0.15, -0.1) is 0 Å². The Morgan fingerprint density at radius 2 is 2.08 bits per heavy atom. The normalized spacial score (nSPS) is 10.7. The van der Waals surface area contributed by atoms with E-state index in [1.54, 1.807) is 24.3 Å². The number of rotatable bonds is 2. The summed E-state index contributed by atoms with van der Waals surface area (Å²) in [6.45, 7) is 0. The highest BCUT2D eigenvalue weighted by atomic mass is 35.5. The Kier molecular flexibility index (Phi) is 3.36. The fraction of sp³-hybridized carbons (Fsp3) is 0.100. The number of hydrogen-bond acceptors (Lipinski definition) is 2. The van der Waals surface area contributed by atoms with Crippen LogP contribution in [0.2, 0.25) is 5.02 Å². The van der Waals surface area contributed by atoms with Crippen LogP contribution >= 0.6 is 11.6 Å². The quantitative estimate of drug-likeness (QED) is 0.535. The molecule has 1 aromatic carbocycles. The van der Waals surface area contributed by atoms with Gasteiger partial charge < -0.3 is 4.74 Å². The second-order valence-corrected chi connectivity index (χ2v) is 2.79. The minimum absolute atomic E-state index is 0.541. The maximum absolute atomic E-state index is 8.45. The molecule has 0 fully saturated rings. The topological polar surface area (TPSA) is 33.0 Å². The van der Waals surface area contributed by atoms with Crippen LogP contribution in [0.15, 0.2) is 30.3 Å². The largest absolute Gasteiger partial charge is 0.495 e. The maximum atomic E-state index is 8.45. The number of benzene rings is 1. The van der Waals surface area contributed by atoms with Crippen LogP contribution in [0, 0.1) is 11.3 Å². The number of nitrogens with zero attached hydrogens (tertiary/aromatic N) is 1. The molecular formula is C10H8ClNO. The van der Waals surface area contributed by atoms with Crippen LogP contribution in [0.4, 0.5) is 0 Å². The molecule has 0 atom stereocenters. The lowest BCUT2D eigenvalue weighted by Gasteiger charge is -2.03. The van der Waals surface area contributed by atoms with Gasteiger partial charge in [-0.1, -0.05) is 11.6 Å². The van der Waals surface area contributed by atoms with E-state index in [1.165, 1.54) is 13.2 Å². The first kappa shape index (κ1) is 9.63. The molecule has 0 saturated carbocycles. The zero-order valence-corrected chi connectivity index (χ0v) is 7.88. The molecule has 0 saturated heterocycles. The second-order valence-electron chi connectivity index (χ2n) is 2.35. The van der Waals surface area contributed by atoms with Gasteiger partial charge >= 0.3 is 0 Å². The van der Waals surface area contributed by atoms with Crippen molar-refractivity contribution in [3.05, 3.63) is 40.9 Å². The minimum atomic E-state index is 0.541. The molecule has 0 aliphatic carbocycles. The first-order valence-electron chi connectivity index (χ1n) is 3.67. The molecule has 66 valence electrons. The van der Waals surface area contributed by atoms with Gasteiger partial charge in [0.25, 0.3) is 0 Å². The third kappa shape index (κ3) is 2.50. The van der Waals surface area contributed by atoms with E-state index in [4.69, 9.17) is 21.6 Å². The average molecular weight is 194 g/mol. The Morgan fingerprint density at radius 1 is 1.46 bits per heavy atom. The Labute approximate surface area is 82.0 Å². The van der Waals surface area contributed by atoms with Crippen LogP contribution in [0.1, 0.15) is 5.56 Å². The number of nitriles is 1. The van der Waals surface area contributed by atoms with Crippen molar-refractivity contribution in [1.29, 1.82) is 5.26 Å². The number of allylic oxidation sites excluding steroid dienone is 1. The van der Waals surface area contributed by atoms with Gasteiger partial charge in [0, 0.05) is 10.6 Å². The molecule has 2 nitrogen and oxygen atoms in total. The predicted octanol–water partition coefficient (Wildman–Crippen LogP) is 2.85. The van der Waals surface area contributed by atoms with E-state index in [0.717, 1.165) is 5.56 Å². The molecule has 0 spiro atoms. The van der Waals surface area contributed by atoms with Crippen LogP contribution in [0.3, 0.4) is 0 Å². The van der Waals surface area contributed by atoms with Crippen molar-refractivity contribution in [2.24, 2.45) is 0 Å². The molecule has 1 aromatic rings. The highest BCUT2D eigenvalue weighted by Gasteiger charge is 1.99. The fourth-order valence-corrected chi connectivity index (χ4v) is 1.06. The smallest absolute Gasteiger partial charge is 0.136 e. The fourth-order valence-electron chi connectivity index (χ4n) is 0.933. The van der Waals surface area contributed by atoms with Crippen molar-refractivity contribution in [1.82, 2.24) is 0 Å². The van der Waals surface area contributed by atoms with E-state index >= 15 is 0 Å². The Bertz CT molecular complexity index is 348. The molecule has 0 N–H and O–H groups in total. The molecule has 0 unspecified atom stereocenters. The number of hydrogen-bond donors (Lipinski definition) is 0. The van der Waals surface area contributed by atoms with E-state index in [0.29, 0.717) is 10.8 Å². The molecule has 0 radical (unpaired) electrons. The lowest BCUT2D eigenvalue weighted by atomic mass is 10.2. The van der Waals surface area contributed by atoms with E-state index in [2.05, 4.69) is 0 Å². The summed E-state index contributed by atoms with van der Waals surface area (Å²) < 4.78 is 5.01. The van der Waals surface area contributed by atoms with Gasteiger partial charge in [-0.2, -0.15) is 5.26 Å². The molecule has 1 rings (SSSR count). The minimum Gasteiger partial charge on any atom is -0.495 e. The number of methoxy groups -OCH3 is 1. The molecular weight excluding hydrogens is 186 g/mol. The first-order chi connectivity index (χ1) is 6.27. The summed E-state index contributed by atoms with van der Waals surface area (Å²) in [5, 5.41) is 9.11. The van der Waals surface area contributed by atoms with Gasteiger partial charge in [0.2, 0.25) is 0 Å².